The van der Waals surface area contributed by atoms with E-state index in [0.29, 0.717) is 11.6 Å². The minimum Gasteiger partial charge on any atom is -0.359 e. The highest BCUT2D eigenvalue weighted by Gasteiger charge is 2.23. The zero-order valence-corrected chi connectivity index (χ0v) is 9.10. The Kier molecular flexibility index (Phi) is 2.77. The molecular weight excluding hydrogens is 192 g/mol. The third kappa shape index (κ3) is 2.04. The molecule has 1 aromatic heterocycles. The summed E-state index contributed by atoms with van der Waals surface area (Å²) in [5.41, 5.74) is 1.20. The molecule has 1 aromatic rings. The van der Waals surface area contributed by atoms with Gasteiger partial charge < -0.3 is 4.52 Å². The van der Waals surface area contributed by atoms with Crippen molar-refractivity contribution in [1.82, 2.24) is 5.16 Å². The SMILES string of the molecule is CC1=CCCCC1N(O)c1cc(C)on1. The van der Waals surface area contributed by atoms with Gasteiger partial charge in [0.2, 0.25) is 0 Å². The monoisotopic (exact) mass is 208 g/mol. The molecule has 0 saturated heterocycles. The molecule has 0 radical (unpaired) electrons. The third-order valence-electron chi connectivity index (χ3n) is 2.82. The van der Waals surface area contributed by atoms with Gasteiger partial charge in [-0.15, -0.1) is 0 Å². The zero-order chi connectivity index (χ0) is 10.8. The van der Waals surface area contributed by atoms with Crippen LogP contribution in [0.1, 0.15) is 31.9 Å². The third-order valence-corrected chi connectivity index (χ3v) is 2.82. The standard InChI is InChI=1S/C11H16N2O2/c1-8-5-3-4-6-10(8)13(14)11-7-9(2)15-12-11/h5,7,10,14H,3-4,6H2,1-2H3. The number of nitrogens with zero attached hydrogens (tertiary/aromatic N) is 2. The summed E-state index contributed by atoms with van der Waals surface area (Å²) in [6.45, 7) is 3.86. The maximum Gasteiger partial charge on any atom is 0.196 e. The molecule has 0 bridgehead atoms. The van der Waals surface area contributed by atoms with E-state index < -0.39 is 0 Å². The molecule has 0 amide bonds. The van der Waals surface area contributed by atoms with Crippen LogP contribution in [0, 0.1) is 6.92 Å². The Bertz CT molecular complexity index is 370. The van der Waals surface area contributed by atoms with Crippen molar-refractivity contribution in [2.75, 3.05) is 5.06 Å². The van der Waals surface area contributed by atoms with E-state index in [0.717, 1.165) is 19.3 Å². The Morgan fingerprint density at radius 1 is 1.53 bits per heavy atom. The molecule has 1 N–H and O–H groups in total. The van der Waals surface area contributed by atoms with E-state index in [-0.39, 0.29) is 6.04 Å². The maximum absolute atomic E-state index is 10.00. The summed E-state index contributed by atoms with van der Waals surface area (Å²) in [5.74, 6) is 1.20. The molecule has 4 heteroatoms. The van der Waals surface area contributed by atoms with Gasteiger partial charge in [0.05, 0.1) is 6.04 Å². The lowest BCUT2D eigenvalue weighted by molar-refractivity contribution is 0.212. The number of hydrogen-bond donors (Lipinski definition) is 1. The van der Waals surface area contributed by atoms with Crippen molar-refractivity contribution in [2.24, 2.45) is 0 Å². The van der Waals surface area contributed by atoms with Crippen LogP contribution in [0.2, 0.25) is 0 Å². The Labute approximate surface area is 89.1 Å². The van der Waals surface area contributed by atoms with E-state index in [1.807, 2.05) is 13.8 Å². The van der Waals surface area contributed by atoms with Crippen LogP contribution in [0.25, 0.3) is 0 Å². The quantitative estimate of drug-likeness (QED) is 0.599. The Balaban J connectivity index is 2.16. The van der Waals surface area contributed by atoms with Crippen LogP contribution in [0.4, 0.5) is 5.82 Å². The van der Waals surface area contributed by atoms with Gasteiger partial charge in [-0.3, -0.25) is 5.21 Å². The summed E-state index contributed by atoms with van der Waals surface area (Å²) in [6.07, 6.45) is 5.35. The number of hydrogen-bond acceptors (Lipinski definition) is 4. The van der Waals surface area contributed by atoms with Gasteiger partial charge in [0, 0.05) is 6.07 Å². The van der Waals surface area contributed by atoms with Crippen LogP contribution < -0.4 is 5.06 Å². The second kappa shape index (κ2) is 4.06. The number of hydroxylamine groups is 1. The van der Waals surface area contributed by atoms with Crippen molar-refractivity contribution in [3.63, 3.8) is 0 Å². The van der Waals surface area contributed by atoms with Crippen molar-refractivity contribution in [3.8, 4) is 0 Å². The van der Waals surface area contributed by atoms with E-state index in [9.17, 15) is 5.21 Å². The lowest BCUT2D eigenvalue weighted by Crippen LogP contribution is -2.34. The largest absolute Gasteiger partial charge is 0.359 e. The molecule has 0 aliphatic heterocycles. The fourth-order valence-corrected chi connectivity index (χ4v) is 1.94. The number of rotatable bonds is 2. The normalized spacial score (nSPS) is 21.3. The smallest absolute Gasteiger partial charge is 0.196 e. The average Bonchev–Trinajstić information content (AvgIpc) is 2.65. The van der Waals surface area contributed by atoms with Crippen LogP contribution in [0.3, 0.4) is 0 Å². The van der Waals surface area contributed by atoms with E-state index in [1.54, 1.807) is 6.07 Å². The molecule has 1 heterocycles. The molecule has 1 aliphatic rings. The molecule has 15 heavy (non-hydrogen) atoms. The van der Waals surface area contributed by atoms with Gasteiger partial charge in [0.25, 0.3) is 0 Å². The number of anilines is 1. The number of aromatic nitrogens is 1. The highest BCUT2D eigenvalue weighted by atomic mass is 16.5. The molecule has 82 valence electrons. The summed E-state index contributed by atoms with van der Waals surface area (Å²) in [6, 6.07) is 1.78. The summed E-state index contributed by atoms with van der Waals surface area (Å²) in [4.78, 5) is 0. The molecule has 0 saturated carbocycles. The van der Waals surface area contributed by atoms with Gasteiger partial charge in [-0.1, -0.05) is 16.8 Å². The van der Waals surface area contributed by atoms with Crippen LogP contribution in [-0.4, -0.2) is 16.4 Å². The Hall–Kier alpha value is -1.29. The highest BCUT2D eigenvalue weighted by Crippen LogP contribution is 2.25. The van der Waals surface area contributed by atoms with Crippen LogP contribution >= 0.6 is 0 Å². The molecule has 1 atom stereocenters. The first kappa shape index (κ1) is 10.2. The first-order valence-electron chi connectivity index (χ1n) is 5.26. The van der Waals surface area contributed by atoms with Crippen molar-refractivity contribution in [1.29, 1.82) is 0 Å². The van der Waals surface area contributed by atoms with Crippen molar-refractivity contribution < 1.29 is 9.73 Å². The lowest BCUT2D eigenvalue weighted by Gasteiger charge is -2.28. The molecule has 0 spiro atoms. The predicted molar refractivity (Wildman–Crippen MR) is 56.9 cm³/mol. The first-order chi connectivity index (χ1) is 7.18. The topological polar surface area (TPSA) is 49.5 Å². The molecule has 1 unspecified atom stereocenters. The number of aryl methyl sites for hydroxylation is 1. The Morgan fingerprint density at radius 3 is 2.93 bits per heavy atom. The molecule has 2 rings (SSSR count). The fraction of sp³-hybridized carbons (Fsp3) is 0.545. The molecule has 0 fully saturated rings. The van der Waals surface area contributed by atoms with Gasteiger partial charge in [-0.25, -0.2) is 5.06 Å². The second-order valence-corrected chi connectivity index (χ2v) is 4.04. The van der Waals surface area contributed by atoms with Gasteiger partial charge in [-0.05, 0) is 33.1 Å². The van der Waals surface area contributed by atoms with Crippen molar-refractivity contribution in [3.05, 3.63) is 23.5 Å². The molecular formula is C11H16N2O2. The van der Waals surface area contributed by atoms with Crippen LogP contribution in [0.15, 0.2) is 22.2 Å². The minimum absolute atomic E-state index is 0.0447. The van der Waals surface area contributed by atoms with Gasteiger partial charge in [0.1, 0.15) is 5.76 Å². The molecule has 4 nitrogen and oxygen atoms in total. The summed E-state index contributed by atoms with van der Waals surface area (Å²) in [7, 11) is 0. The van der Waals surface area contributed by atoms with E-state index in [4.69, 9.17) is 4.52 Å². The summed E-state index contributed by atoms with van der Waals surface area (Å²) < 4.78 is 4.94. The van der Waals surface area contributed by atoms with Gasteiger partial charge >= 0.3 is 0 Å². The average molecular weight is 208 g/mol. The summed E-state index contributed by atoms with van der Waals surface area (Å²) >= 11 is 0. The van der Waals surface area contributed by atoms with Crippen LogP contribution in [0.5, 0.6) is 0 Å². The highest BCUT2D eigenvalue weighted by molar-refractivity contribution is 5.38. The second-order valence-electron chi connectivity index (χ2n) is 4.04. The van der Waals surface area contributed by atoms with E-state index >= 15 is 0 Å². The fourth-order valence-electron chi connectivity index (χ4n) is 1.94. The number of allylic oxidation sites excluding steroid dienone is 1. The Morgan fingerprint density at radius 2 is 2.33 bits per heavy atom. The van der Waals surface area contributed by atoms with Crippen molar-refractivity contribution >= 4 is 5.82 Å². The lowest BCUT2D eigenvalue weighted by atomic mass is 9.95. The maximum atomic E-state index is 10.00. The van der Waals surface area contributed by atoms with E-state index in [1.165, 1.54) is 10.6 Å². The van der Waals surface area contributed by atoms with E-state index in [2.05, 4.69) is 11.2 Å². The van der Waals surface area contributed by atoms with Crippen molar-refractivity contribution in [2.45, 2.75) is 39.2 Å². The minimum atomic E-state index is 0.0447. The predicted octanol–water partition coefficient (Wildman–Crippen LogP) is 2.68. The zero-order valence-electron chi connectivity index (χ0n) is 9.10. The van der Waals surface area contributed by atoms with Gasteiger partial charge in [-0.2, -0.15) is 0 Å². The van der Waals surface area contributed by atoms with Gasteiger partial charge in [0.15, 0.2) is 5.82 Å². The molecule has 1 aliphatic carbocycles. The summed E-state index contributed by atoms with van der Waals surface area (Å²) in [5, 5.41) is 15.0. The first-order valence-corrected chi connectivity index (χ1v) is 5.26. The molecule has 0 aromatic carbocycles. The van der Waals surface area contributed by atoms with Crippen LogP contribution in [-0.2, 0) is 0 Å².